The van der Waals surface area contributed by atoms with E-state index in [1.807, 2.05) is 0 Å². The maximum atomic E-state index is 12.0. The van der Waals surface area contributed by atoms with E-state index in [0.717, 1.165) is 32.4 Å². The van der Waals surface area contributed by atoms with Crippen molar-refractivity contribution in [2.45, 2.75) is 162 Å². The van der Waals surface area contributed by atoms with Crippen molar-refractivity contribution in [1.82, 2.24) is 4.90 Å². The van der Waals surface area contributed by atoms with Crippen molar-refractivity contribution < 1.29 is 4.79 Å². The van der Waals surface area contributed by atoms with E-state index >= 15 is 0 Å². The first-order valence-corrected chi connectivity index (χ1v) is 14.7. The largest absolute Gasteiger partial charge is 0.369 e. The second kappa shape index (κ2) is 23.6. The number of hydrogen-bond acceptors (Lipinski definition) is 2. The average Bonchev–Trinajstić information content (AvgIpc) is 2.79. The first kappa shape index (κ1) is 31.4. The van der Waals surface area contributed by atoms with Crippen LogP contribution in [0.4, 0.5) is 0 Å². The van der Waals surface area contributed by atoms with Gasteiger partial charge in [0.05, 0.1) is 5.92 Å². The lowest BCUT2D eigenvalue weighted by Gasteiger charge is -2.34. The Morgan fingerprint density at radius 1 is 0.594 bits per heavy atom. The molecule has 3 nitrogen and oxygen atoms in total. The van der Waals surface area contributed by atoms with Crippen LogP contribution in [0.1, 0.15) is 156 Å². The normalized spacial score (nSPS) is 13.5. The van der Waals surface area contributed by atoms with Crippen molar-refractivity contribution in [2.75, 3.05) is 13.1 Å². The minimum absolute atomic E-state index is 0.0148. The standard InChI is InChI=1S/C29H60N2O/c1-5-9-10-11-12-13-14-15-16-17-18-19-20-21-22-23-24-25-26-27(29(30)32)28(6-2)31(7-3)8-4/h27-28H,5-26H2,1-4H3,(H2,30,32). The molecular weight excluding hydrogens is 392 g/mol. The van der Waals surface area contributed by atoms with Gasteiger partial charge in [0.1, 0.15) is 0 Å². The van der Waals surface area contributed by atoms with Crippen LogP contribution in [0.5, 0.6) is 0 Å². The molecule has 0 aromatic rings. The fourth-order valence-corrected chi connectivity index (χ4v) is 5.28. The fraction of sp³-hybridized carbons (Fsp3) is 0.966. The molecule has 2 unspecified atom stereocenters. The maximum Gasteiger partial charge on any atom is 0.222 e. The van der Waals surface area contributed by atoms with Crippen LogP contribution in [0.3, 0.4) is 0 Å². The van der Waals surface area contributed by atoms with Gasteiger partial charge in [-0.2, -0.15) is 0 Å². The Morgan fingerprint density at radius 3 is 1.22 bits per heavy atom. The zero-order valence-electron chi connectivity index (χ0n) is 22.6. The molecule has 0 saturated heterocycles. The van der Waals surface area contributed by atoms with Crippen LogP contribution in [0.15, 0.2) is 0 Å². The van der Waals surface area contributed by atoms with Crippen LogP contribution in [0, 0.1) is 5.92 Å². The van der Waals surface area contributed by atoms with Gasteiger partial charge in [0.2, 0.25) is 5.91 Å². The predicted octanol–water partition coefficient (Wildman–Crippen LogP) is 8.64. The molecule has 2 atom stereocenters. The first-order valence-electron chi connectivity index (χ1n) is 14.7. The van der Waals surface area contributed by atoms with Gasteiger partial charge < -0.3 is 10.6 Å². The Hall–Kier alpha value is -0.570. The number of carbonyl (C=O) groups excluding carboxylic acids is 1. The van der Waals surface area contributed by atoms with Crippen LogP contribution in [-0.2, 0) is 4.79 Å². The minimum Gasteiger partial charge on any atom is -0.369 e. The second-order valence-electron chi connectivity index (χ2n) is 10.0. The van der Waals surface area contributed by atoms with Crippen molar-refractivity contribution in [3.05, 3.63) is 0 Å². The molecule has 1 amide bonds. The summed E-state index contributed by atoms with van der Waals surface area (Å²) < 4.78 is 0. The Balaban J connectivity index is 3.56. The zero-order chi connectivity index (χ0) is 23.9. The molecule has 192 valence electrons. The molecule has 0 aliphatic heterocycles. The molecule has 0 heterocycles. The third-order valence-electron chi connectivity index (χ3n) is 7.40. The molecule has 3 heteroatoms. The highest BCUT2D eigenvalue weighted by Gasteiger charge is 2.28. The molecule has 0 rings (SSSR count). The number of nitrogens with two attached hydrogens (primary N) is 1. The summed E-state index contributed by atoms with van der Waals surface area (Å²) in [4.78, 5) is 14.5. The smallest absolute Gasteiger partial charge is 0.222 e. The highest BCUT2D eigenvalue weighted by atomic mass is 16.1. The number of hydrogen-bond donors (Lipinski definition) is 1. The molecule has 0 radical (unpaired) electrons. The summed E-state index contributed by atoms with van der Waals surface area (Å²) in [5.74, 6) is -0.0864. The van der Waals surface area contributed by atoms with Crippen molar-refractivity contribution >= 4 is 5.91 Å². The predicted molar refractivity (Wildman–Crippen MR) is 143 cm³/mol. The average molecular weight is 453 g/mol. The van der Waals surface area contributed by atoms with Gasteiger partial charge in [0.25, 0.3) is 0 Å². The van der Waals surface area contributed by atoms with Gasteiger partial charge in [-0.15, -0.1) is 0 Å². The molecular formula is C29H60N2O. The quantitative estimate of drug-likeness (QED) is 0.141. The van der Waals surface area contributed by atoms with Crippen molar-refractivity contribution in [1.29, 1.82) is 0 Å². The monoisotopic (exact) mass is 452 g/mol. The third kappa shape index (κ3) is 17.0. The van der Waals surface area contributed by atoms with Gasteiger partial charge >= 0.3 is 0 Å². The molecule has 2 N–H and O–H groups in total. The van der Waals surface area contributed by atoms with E-state index in [1.165, 1.54) is 109 Å². The van der Waals surface area contributed by atoms with Gasteiger partial charge in [-0.05, 0) is 25.9 Å². The van der Waals surface area contributed by atoms with E-state index in [9.17, 15) is 4.79 Å². The van der Waals surface area contributed by atoms with Crippen LogP contribution >= 0.6 is 0 Å². The summed E-state index contributed by atoms with van der Waals surface area (Å²) in [6, 6.07) is 0.313. The summed E-state index contributed by atoms with van der Waals surface area (Å²) in [6.45, 7) is 10.8. The van der Waals surface area contributed by atoms with E-state index in [-0.39, 0.29) is 11.8 Å². The zero-order valence-corrected chi connectivity index (χ0v) is 22.6. The lowest BCUT2D eigenvalue weighted by atomic mass is 9.89. The molecule has 0 saturated carbocycles. The topological polar surface area (TPSA) is 46.3 Å². The molecule has 0 fully saturated rings. The Morgan fingerprint density at radius 2 is 0.938 bits per heavy atom. The Bertz CT molecular complexity index is 395. The lowest BCUT2D eigenvalue weighted by molar-refractivity contribution is -0.124. The van der Waals surface area contributed by atoms with Gasteiger partial charge in [-0.1, -0.05) is 143 Å². The molecule has 0 aliphatic rings. The minimum atomic E-state index is -0.101. The van der Waals surface area contributed by atoms with Crippen molar-refractivity contribution in [3.63, 3.8) is 0 Å². The molecule has 0 spiro atoms. The number of primary amides is 1. The van der Waals surface area contributed by atoms with Crippen LogP contribution in [-0.4, -0.2) is 29.9 Å². The maximum absolute atomic E-state index is 12.0. The number of unbranched alkanes of at least 4 members (excludes halogenated alkanes) is 17. The first-order chi connectivity index (χ1) is 15.6. The SMILES string of the molecule is CCCCCCCCCCCCCCCCCCCCC(C(N)=O)C(CC)N(CC)CC. The Labute approximate surface area is 202 Å². The van der Waals surface area contributed by atoms with Crippen LogP contribution in [0.25, 0.3) is 0 Å². The van der Waals surface area contributed by atoms with Crippen LogP contribution in [0.2, 0.25) is 0 Å². The molecule has 0 bridgehead atoms. The van der Waals surface area contributed by atoms with Crippen molar-refractivity contribution in [2.24, 2.45) is 11.7 Å². The van der Waals surface area contributed by atoms with E-state index in [2.05, 4.69) is 32.6 Å². The summed E-state index contributed by atoms with van der Waals surface area (Å²) in [6.07, 6.45) is 27.0. The second-order valence-corrected chi connectivity index (χ2v) is 10.0. The number of nitrogens with zero attached hydrogens (tertiary/aromatic N) is 1. The van der Waals surface area contributed by atoms with E-state index in [1.54, 1.807) is 0 Å². The summed E-state index contributed by atoms with van der Waals surface area (Å²) in [5.41, 5.74) is 5.77. The van der Waals surface area contributed by atoms with Gasteiger partial charge in [0, 0.05) is 6.04 Å². The van der Waals surface area contributed by atoms with Gasteiger partial charge in [-0.25, -0.2) is 0 Å². The fourth-order valence-electron chi connectivity index (χ4n) is 5.28. The van der Waals surface area contributed by atoms with E-state index in [0.29, 0.717) is 6.04 Å². The van der Waals surface area contributed by atoms with Crippen LogP contribution < -0.4 is 5.73 Å². The molecule has 0 aromatic heterocycles. The number of amides is 1. The summed E-state index contributed by atoms with van der Waals surface area (Å²) in [7, 11) is 0. The van der Waals surface area contributed by atoms with Gasteiger partial charge in [-0.3, -0.25) is 4.79 Å². The summed E-state index contributed by atoms with van der Waals surface area (Å²) >= 11 is 0. The van der Waals surface area contributed by atoms with E-state index < -0.39 is 0 Å². The Kier molecular flexibility index (Phi) is 23.2. The van der Waals surface area contributed by atoms with E-state index in [4.69, 9.17) is 5.73 Å². The highest BCUT2D eigenvalue weighted by Crippen LogP contribution is 2.22. The number of rotatable bonds is 25. The number of carbonyl (C=O) groups is 1. The summed E-state index contributed by atoms with van der Waals surface area (Å²) in [5, 5.41) is 0. The lowest BCUT2D eigenvalue weighted by Crippen LogP contribution is -2.45. The third-order valence-corrected chi connectivity index (χ3v) is 7.40. The molecule has 32 heavy (non-hydrogen) atoms. The van der Waals surface area contributed by atoms with Gasteiger partial charge in [0.15, 0.2) is 0 Å². The molecule has 0 aliphatic carbocycles. The highest BCUT2D eigenvalue weighted by molar-refractivity contribution is 5.77. The molecule has 0 aromatic carbocycles. The van der Waals surface area contributed by atoms with Crippen molar-refractivity contribution in [3.8, 4) is 0 Å².